The van der Waals surface area contributed by atoms with Crippen molar-refractivity contribution in [1.29, 1.82) is 0 Å². The molecule has 2 rings (SSSR count). The third-order valence-electron chi connectivity index (χ3n) is 4.69. The normalized spacial score (nSPS) is 18.8. The van der Waals surface area contributed by atoms with Gasteiger partial charge in [0.05, 0.1) is 16.7 Å². The Balaban J connectivity index is 1.94. The molecule has 3 amide bonds. The number of aliphatic hydroxyl groups excluding tert-OH is 1. The topological polar surface area (TPSA) is 84.9 Å². The summed E-state index contributed by atoms with van der Waals surface area (Å²) in [6, 6.07) is 4.87. The Bertz CT molecular complexity index is 696. The smallest absolute Gasteiger partial charge is 0.321 e. The average Bonchev–Trinajstić information content (AvgIpc) is 2.61. The van der Waals surface area contributed by atoms with E-state index in [4.69, 9.17) is 11.6 Å². The Labute approximate surface area is 172 Å². The number of urea groups is 1. The number of halogens is 1. The maximum Gasteiger partial charge on any atom is 0.321 e. The van der Waals surface area contributed by atoms with Crippen LogP contribution in [0.5, 0.6) is 0 Å². The molecule has 3 N–H and O–H groups in total. The fraction of sp³-hybridized carbons (Fsp3) is 0.600. The van der Waals surface area contributed by atoms with Crippen LogP contribution in [0.25, 0.3) is 0 Å². The van der Waals surface area contributed by atoms with E-state index in [1.807, 2.05) is 20.8 Å². The number of nitrogens with zero attached hydrogens (tertiary/aromatic N) is 2. The lowest BCUT2D eigenvalue weighted by Gasteiger charge is -2.40. The fourth-order valence-electron chi connectivity index (χ4n) is 3.16. The number of carbonyl (C=O) groups is 2. The summed E-state index contributed by atoms with van der Waals surface area (Å²) in [5.41, 5.74) is 0.940. The Hall–Kier alpha value is -1.83. The molecule has 7 nitrogen and oxygen atoms in total. The summed E-state index contributed by atoms with van der Waals surface area (Å²) in [5, 5.41) is 15.5. The molecule has 156 valence electrons. The maximum absolute atomic E-state index is 12.6. The second-order valence-electron chi connectivity index (χ2n) is 7.87. The largest absolute Gasteiger partial charge is 0.392 e. The van der Waals surface area contributed by atoms with Crippen LogP contribution >= 0.6 is 11.6 Å². The average molecular weight is 411 g/mol. The van der Waals surface area contributed by atoms with Crippen LogP contribution < -0.4 is 10.6 Å². The molecule has 0 aliphatic carbocycles. The number of carbonyl (C=O) groups excluding carboxylic acids is 2. The number of rotatable bonds is 6. The molecule has 1 aromatic carbocycles. The number of benzene rings is 1. The highest BCUT2D eigenvalue weighted by Crippen LogP contribution is 2.22. The second kappa shape index (κ2) is 10.1. The molecule has 0 spiro atoms. The summed E-state index contributed by atoms with van der Waals surface area (Å²) in [7, 11) is 0. The van der Waals surface area contributed by atoms with Crippen molar-refractivity contribution in [3.05, 3.63) is 28.8 Å². The summed E-state index contributed by atoms with van der Waals surface area (Å²) >= 11 is 6.24. The first-order valence-corrected chi connectivity index (χ1v) is 10.1. The molecule has 1 aliphatic rings. The zero-order chi connectivity index (χ0) is 20.8. The van der Waals surface area contributed by atoms with E-state index in [0.717, 1.165) is 6.54 Å². The second-order valence-corrected chi connectivity index (χ2v) is 8.27. The van der Waals surface area contributed by atoms with Crippen LogP contribution in [0, 0.1) is 5.92 Å². The van der Waals surface area contributed by atoms with Gasteiger partial charge in [0.2, 0.25) is 0 Å². The molecule has 1 fully saturated rings. The van der Waals surface area contributed by atoms with Crippen LogP contribution in [-0.2, 0) is 0 Å². The van der Waals surface area contributed by atoms with Gasteiger partial charge < -0.3 is 20.6 Å². The number of nitrogens with one attached hydrogen (secondary N) is 2. The van der Waals surface area contributed by atoms with Crippen LogP contribution in [0.4, 0.5) is 10.5 Å². The van der Waals surface area contributed by atoms with Crippen LogP contribution in [0.2, 0.25) is 5.02 Å². The van der Waals surface area contributed by atoms with Crippen molar-refractivity contribution in [3.8, 4) is 0 Å². The van der Waals surface area contributed by atoms with E-state index >= 15 is 0 Å². The van der Waals surface area contributed by atoms with Crippen molar-refractivity contribution >= 4 is 29.2 Å². The third-order valence-corrected chi connectivity index (χ3v) is 5.00. The Morgan fingerprint density at radius 1 is 1.29 bits per heavy atom. The molecule has 0 aromatic heterocycles. The Morgan fingerprint density at radius 2 is 2.00 bits per heavy atom. The van der Waals surface area contributed by atoms with Crippen molar-refractivity contribution < 1.29 is 14.7 Å². The van der Waals surface area contributed by atoms with Gasteiger partial charge in [-0.25, -0.2) is 4.79 Å². The monoisotopic (exact) mass is 410 g/mol. The van der Waals surface area contributed by atoms with Gasteiger partial charge in [-0.3, -0.25) is 9.69 Å². The minimum Gasteiger partial charge on any atom is -0.392 e. The molecular formula is C20H31ClN4O3. The lowest BCUT2D eigenvalue weighted by molar-refractivity contribution is 0.0590. The van der Waals surface area contributed by atoms with Crippen molar-refractivity contribution in [2.45, 2.75) is 39.8 Å². The molecule has 0 saturated carbocycles. The van der Waals surface area contributed by atoms with E-state index < -0.39 is 0 Å². The lowest BCUT2D eigenvalue weighted by atomic mass is 10.1. The molecule has 1 aromatic rings. The quantitative estimate of drug-likeness (QED) is 0.673. The van der Waals surface area contributed by atoms with Gasteiger partial charge in [-0.1, -0.05) is 25.4 Å². The highest BCUT2D eigenvalue weighted by molar-refractivity contribution is 6.34. The summed E-state index contributed by atoms with van der Waals surface area (Å²) in [6.07, 6.45) is -0.388. The predicted octanol–water partition coefficient (Wildman–Crippen LogP) is 2.64. The molecule has 0 unspecified atom stereocenters. The van der Waals surface area contributed by atoms with E-state index in [2.05, 4.69) is 15.5 Å². The number of anilines is 1. The number of amides is 3. The Kier molecular flexibility index (Phi) is 8.10. The summed E-state index contributed by atoms with van der Waals surface area (Å²) < 4.78 is 0. The van der Waals surface area contributed by atoms with Crippen molar-refractivity contribution in [2.24, 2.45) is 5.92 Å². The molecule has 8 heteroatoms. The van der Waals surface area contributed by atoms with Gasteiger partial charge in [-0.05, 0) is 38.0 Å². The lowest BCUT2D eigenvalue weighted by Crippen LogP contribution is -2.55. The van der Waals surface area contributed by atoms with Crippen LogP contribution in [0.1, 0.15) is 38.1 Å². The molecule has 1 heterocycles. The summed E-state index contributed by atoms with van der Waals surface area (Å²) in [6.45, 7) is 10.9. The number of piperazine rings is 1. The van der Waals surface area contributed by atoms with E-state index in [1.165, 1.54) is 0 Å². The highest BCUT2D eigenvalue weighted by Gasteiger charge is 2.27. The minimum absolute atomic E-state index is 0.171. The predicted molar refractivity (Wildman–Crippen MR) is 112 cm³/mol. The fourth-order valence-corrected chi connectivity index (χ4v) is 3.43. The van der Waals surface area contributed by atoms with Crippen molar-refractivity contribution in [1.82, 2.24) is 15.1 Å². The Morgan fingerprint density at radius 3 is 2.57 bits per heavy atom. The number of hydrogen-bond acceptors (Lipinski definition) is 4. The molecule has 0 bridgehead atoms. The summed E-state index contributed by atoms with van der Waals surface area (Å²) in [5.74, 6) is 0.129. The SMILES string of the molecule is CC(C)CNC(=O)c1ccc(NC(=O)N2CCN(C[C@H](C)O)[C@@H](C)C2)cc1Cl. The maximum atomic E-state index is 12.6. The van der Waals surface area contributed by atoms with Crippen molar-refractivity contribution in [2.75, 3.05) is 38.0 Å². The number of aliphatic hydroxyl groups is 1. The van der Waals surface area contributed by atoms with Crippen molar-refractivity contribution in [3.63, 3.8) is 0 Å². The van der Waals surface area contributed by atoms with Crippen LogP contribution in [-0.4, -0.2) is 71.7 Å². The standard InChI is InChI=1S/C20H31ClN4O3/c1-13(2)10-22-19(27)17-6-5-16(9-18(17)21)23-20(28)25-8-7-24(12-15(4)26)14(3)11-25/h5-6,9,13-15,26H,7-8,10-12H2,1-4H3,(H,22,27)(H,23,28)/t14-,15-/m0/s1. The van der Waals surface area contributed by atoms with Gasteiger partial charge in [0, 0.05) is 44.5 Å². The first kappa shape index (κ1) is 22.5. The van der Waals surface area contributed by atoms with E-state index in [9.17, 15) is 14.7 Å². The van der Waals surface area contributed by atoms with Gasteiger partial charge in [0.15, 0.2) is 0 Å². The van der Waals surface area contributed by atoms with E-state index in [-0.39, 0.29) is 24.1 Å². The number of hydrogen-bond donors (Lipinski definition) is 3. The minimum atomic E-state index is -0.388. The molecular weight excluding hydrogens is 380 g/mol. The van der Waals surface area contributed by atoms with E-state index in [1.54, 1.807) is 30.0 Å². The molecule has 1 saturated heterocycles. The molecule has 0 radical (unpaired) electrons. The van der Waals surface area contributed by atoms with E-state index in [0.29, 0.717) is 48.4 Å². The zero-order valence-electron chi connectivity index (χ0n) is 17.0. The molecule has 2 atom stereocenters. The third kappa shape index (κ3) is 6.36. The first-order chi connectivity index (χ1) is 13.2. The van der Waals surface area contributed by atoms with Gasteiger partial charge in [-0.2, -0.15) is 0 Å². The molecule has 28 heavy (non-hydrogen) atoms. The van der Waals surface area contributed by atoms with Crippen LogP contribution in [0.15, 0.2) is 18.2 Å². The van der Waals surface area contributed by atoms with Crippen LogP contribution in [0.3, 0.4) is 0 Å². The van der Waals surface area contributed by atoms with Gasteiger partial charge in [-0.15, -0.1) is 0 Å². The zero-order valence-corrected chi connectivity index (χ0v) is 17.8. The van der Waals surface area contributed by atoms with Gasteiger partial charge in [0.25, 0.3) is 5.91 Å². The highest BCUT2D eigenvalue weighted by atomic mass is 35.5. The number of β-amino-alcohol motifs (C(OH)–C–C–N with tert-alkyl or cyclic N) is 1. The molecule has 1 aliphatic heterocycles. The summed E-state index contributed by atoms with van der Waals surface area (Å²) in [4.78, 5) is 28.7. The van der Waals surface area contributed by atoms with Gasteiger partial charge >= 0.3 is 6.03 Å². The first-order valence-electron chi connectivity index (χ1n) is 9.73. The van der Waals surface area contributed by atoms with Gasteiger partial charge in [0.1, 0.15) is 0 Å².